The maximum absolute atomic E-state index is 14.2. The van der Waals surface area contributed by atoms with Crippen molar-refractivity contribution in [3.8, 4) is 11.5 Å². The SMILES string of the molecule is COc1ccc(N(CC(=O)N(Cc2ccc(Cl)c(Cl)c2)C(Cc2ccccc2)C(=O)NC(C)C)S(C)(=O)=O)cc1OC. The molecule has 42 heavy (non-hydrogen) atoms. The van der Waals surface area contributed by atoms with E-state index in [1.165, 1.54) is 31.3 Å². The molecule has 0 saturated carbocycles. The molecule has 1 unspecified atom stereocenters. The summed E-state index contributed by atoms with van der Waals surface area (Å²) >= 11 is 12.4. The van der Waals surface area contributed by atoms with Gasteiger partial charge in [-0.3, -0.25) is 13.9 Å². The minimum absolute atomic E-state index is 0.0255. The van der Waals surface area contributed by atoms with Gasteiger partial charge in [-0.2, -0.15) is 0 Å². The molecule has 3 aromatic rings. The van der Waals surface area contributed by atoms with Crippen molar-refractivity contribution in [3.05, 3.63) is 87.9 Å². The summed E-state index contributed by atoms with van der Waals surface area (Å²) in [6, 6.07) is 17.6. The van der Waals surface area contributed by atoms with Gasteiger partial charge in [-0.15, -0.1) is 0 Å². The molecule has 0 saturated heterocycles. The Balaban J connectivity index is 2.09. The Hall–Kier alpha value is -3.47. The molecule has 0 bridgehead atoms. The first kappa shape index (κ1) is 33.0. The molecule has 1 atom stereocenters. The Morgan fingerprint density at radius 2 is 1.55 bits per heavy atom. The molecule has 12 heteroatoms. The molecule has 0 aromatic heterocycles. The fraction of sp³-hybridized carbons (Fsp3) is 0.333. The van der Waals surface area contributed by atoms with Crippen molar-refractivity contribution in [2.24, 2.45) is 0 Å². The van der Waals surface area contributed by atoms with Gasteiger partial charge in [0, 0.05) is 25.1 Å². The highest BCUT2D eigenvalue weighted by molar-refractivity contribution is 7.92. The molecule has 2 amide bonds. The molecule has 0 radical (unpaired) electrons. The molecule has 1 N–H and O–H groups in total. The number of carbonyl (C=O) groups excluding carboxylic acids is 2. The predicted octanol–water partition coefficient (Wildman–Crippen LogP) is 4.94. The molecule has 3 rings (SSSR count). The summed E-state index contributed by atoms with van der Waals surface area (Å²) in [6.45, 7) is 3.05. The van der Waals surface area contributed by atoms with Crippen molar-refractivity contribution in [2.45, 2.75) is 38.9 Å². The largest absolute Gasteiger partial charge is 0.493 e. The first-order chi connectivity index (χ1) is 19.8. The van der Waals surface area contributed by atoms with Crippen molar-refractivity contribution >= 4 is 50.7 Å². The average Bonchev–Trinajstić information content (AvgIpc) is 2.94. The summed E-state index contributed by atoms with van der Waals surface area (Å²) in [6.07, 6.45) is 1.20. The Morgan fingerprint density at radius 1 is 0.881 bits per heavy atom. The standard InChI is InChI=1S/C30H35Cl2N3O6S/c1-20(2)33-30(37)26(16-21-9-7-6-8-10-21)34(18-22-11-13-24(31)25(32)15-22)29(36)19-35(42(5,38)39)23-12-14-27(40-3)28(17-23)41-4/h6-15,17,20,26H,16,18-19H2,1-5H3,(H,33,37). The van der Waals surface area contributed by atoms with Crippen LogP contribution in [0.2, 0.25) is 10.0 Å². The van der Waals surface area contributed by atoms with Crippen molar-refractivity contribution < 1.29 is 27.5 Å². The van der Waals surface area contributed by atoms with Crippen LogP contribution in [0.25, 0.3) is 0 Å². The van der Waals surface area contributed by atoms with Gasteiger partial charge in [0.15, 0.2) is 11.5 Å². The lowest BCUT2D eigenvalue weighted by molar-refractivity contribution is -0.140. The minimum atomic E-state index is -3.95. The fourth-order valence-corrected chi connectivity index (χ4v) is 5.53. The second-order valence-electron chi connectivity index (χ2n) is 9.95. The Kier molecular flexibility index (Phi) is 11.5. The number of carbonyl (C=O) groups is 2. The maximum atomic E-state index is 14.2. The number of benzene rings is 3. The number of halogens is 2. The molecule has 0 aliphatic carbocycles. The number of anilines is 1. The summed E-state index contributed by atoms with van der Waals surface area (Å²) in [5, 5.41) is 3.53. The van der Waals surface area contributed by atoms with E-state index in [-0.39, 0.29) is 35.6 Å². The van der Waals surface area contributed by atoms with E-state index in [2.05, 4.69) is 5.32 Å². The topological polar surface area (TPSA) is 105 Å². The smallest absolute Gasteiger partial charge is 0.244 e. The fourth-order valence-electron chi connectivity index (χ4n) is 4.36. The van der Waals surface area contributed by atoms with Crippen LogP contribution in [0.4, 0.5) is 5.69 Å². The van der Waals surface area contributed by atoms with Gasteiger partial charge in [0.25, 0.3) is 0 Å². The molecule has 226 valence electrons. The van der Waals surface area contributed by atoms with Crippen LogP contribution in [0.3, 0.4) is 0 Å². The molecule has 0 aliphatic heterocycles. The van der Waals surface area contributed by atoms with E-state index < -0.39 is 28.5 Å². The molecule has 0 heterocycles. The first-order valence-electron chi connectivity index (χ1n) is 13.1. The number of amides is 2. The number of rotatable bonds is 13. The molecule has 3 aromatic carbocycles. The summed E-state index contributed by atoms with van der Waals surface area (Å²) in [5.41, 5.74) is 1.64. The first-order valence-corrected chi connectivity index (χ1v) is 15.7. The van der Waals surface area contributed by atoms with E-state index in [1.54, 1.807) is 24.3 Å². The van der Waals surface area contributed by atoms with Gasteiger partial charge in [0.05, 0.1) is 36.2 Å². The van der Waals surface area contributed by atoms with Crippen LogP contribution >= 0.6 is 23.2 Å². The number of hydrogen-bond acceptors (Lipinski definition) is 6. The van der Waals surface area contributed by atoms with Gasteiger partial charge < -0.3 is 19.7 Å². The van der Waals surface area contributed by atoms with Gasteiger partial charge in [-0.05, 0) is 49.2 Å². The zero-order valence-corrected chi connectivity index (χ0v) is 26.5. The van der Waals surface area contributed by atoms with Gasteiger partial charge in [0.1, 0.15) is 12.6 Å². The van der Waals surface area contributed by atoms with E-state index in [9.17, 15) is 18.0 Å². The van der Waals surface area contributed by atoms with Crippen LogP contribution in [0.1, 0.15) is 25.0 Å². The molecular formula is C30H35Cl2N3O6S. The number of hydrogen-bond donors (Lipinski definition) is 1. The van der Waals surface area contributed by atoms with Crippen LogP contribution in [0.5, 0.6) is 11.5 Å². The Bertz CT molecular complexity index is 1500. The van der Waals surface area contributed by atoms with Crippen LogP contribution in [0.15, 0.2) is 66.7 Å². The third-order valence-electron chi connectivity index (χ3n) is 6.37. The van der Waals surface area contributed by atoms with Crippen LogP contribution in [-0.2, 0) is 32.6 Å². The number of ether oxygens (including phenoxy) is 2. The summed E-state index contributed by atoms with van der Waals surface area (Å²) in [7, 11) is -1.06. The molecule has 9 nitrogen and oxygen atoms in total. The van der Waals surface area contributed by atoms with Crippen molar-refractivity contribution in [2.75, 3.05) is 31.3 Å². The second kappa shape index (κ2) is 14.6. The van der Waals surface area contributed by atoms with E-state index >= 15 is 0 Å². The summed E-state index contributed by atoms with van der Waals surface area (Å²) in [5.74, 6) is -0.280. The Morgan fingerprint density at radius 3 is 2.12 bits per heavy atom. The van der Waals surface area contributed by atoms with Gasteiger partial charge >= 0.3 is 0 Å². The third-order valence-corrected chi connectivity index (χ3v) is 8.25. The van der Waals surface area contributed by atoms with Gasteiger partial charge in [0.2, 0.25) is 21.8 Å². The van der Waals surface area contributed by atoms with Crippen LogP contribution < -0.4 is 19.1 Å². The lowest BCUT2D eigenvalue weighted by Crippen LogP contribution is -2.54. The molecular weight excluding hydrogens is 601 g/mol. The lowest BCUT2D eigenvalue weighted by Gasteiger charge is -2.34. The average molecular weight is 637 g/mol. The molecule has 0 aliphatic rings. The van der Waals surface area contributed by atoms with Crippen molar-refractivity contribution in [3.63, 3.8) is 0 Å². The summed E-state index contributed by atoms with van der Waals surface area (Å²) < 4.78 is 37.6. The van der Waals surface area contributed by atoms with E-state index in [0.29, 0.717) is 22.1 Å². The van der Waals surface area contributed by atoms with Crippen molar-refractivity contribution in [1.82, 2.24) is 10.2 Å². The monoisotopic (exact) mass is 635 g/mol. The number of nitrogens with zero attached hydrogens (tertiary/aromatic N) is 2. The van der Waals surface area contributed by atoms with Crippen LogP contribution in [0, 0.1) is 0 Å². The predicted molar refractivity (Wildman–Crippen MR) is 166 cm³/mol. The highest BCUT2D eigenvalue weighted by Gasteiger charge is 2.33. The lowest BCUT2D eigenvalue weighted by atomic mass is 10.0. The maximum Gasteiger partial charge on any atom is 0.244 e. The number of methoxy groups -OCH3 is 2. The zero-order chi connectivity index (χ0) is 31.0. The summed E-state index contributed by atoms with van der Waals surface area (Å²) in [4.78, 5) is 29.1. The van der Waals surface area contributed by atoms with E-state index in [4.69, 9.17) is 32.7 Å². The quantitative estimate of drug-likeness (QED) is 0.285. The minimum Gasteiger partial charge on any atom is -0.493 e. The molecule has 0 spiro atoms. The van der Waals surface area contributed by atoms with Crippen molar-refractivity contribution in [1.29, 1.82) is 0 Å². The highest BCUT2D eigenvalue weighted by atomic mass is 35.5. The van der Waals surface area contributed by atoms with E-state index in [0.717, 1.165) is 16.1 Å². The number of nitrogens with one attached hydrogen (secondary N) is 1. The van der Waals surface area contributed by atoms with Gasteiger partial charge in [-0.25, -0.2) is 8.42 Å². The third kappa shape index (κ3) is 8.77. The van der Waals surface area contributed by atoms with Gasteiger partial charge in [-0.1, -0.05) is 59.6 Å². The number of sulfonamides is 1. The Labute approximate surface area is 257 Å². The zero-order valence-electron chi connectivity index (χ0n) is 24.1. The van der Waals surface area contributed by atoms with E-state index in [1.807, 2.05) is 44.2 Å². The molecule has 0 fully saturated rings. The highest BCUT2D eigenvalue weighted by Crippen LogP contribution is 2.32. The normalized spacial score (nSPS) is 12.0. The van der Waals surface area contributed by atoms with Crippen LogP contribution in [-0.4, -0.2) is 64.2 Å². The second-order valence-corrected chi connectivity index (χ2v) is 12.7.